The second-order valence-corrected chi connectivity index (χ2v) is 8.18. The molecule has 2 aliphatic carbocycles. The number of alkyl carbamates (subject to hydrolysis) is 1. The predicted molar refractivity (Wildman–Crippen MR) is 103 cm³/mol. The van der Waals surface area contributed by atoms with Gasteiger partial charge in [0.15, 0.2) is 5.69 Å². The zero-order valence-electron chi connectivity index (χ0n) is 16.0. The Hall–Kier alpha value is -3.03. The molecule has 142 valence electrons. The Morgan fingerprint density at radius 1 is 1.33 bits per heavy atom. The topological polar surface area (TPSA) is 107 Å². The smallest absolute Gasteiger partial charge is 0.408 e. The fraction of sp³-hybridized carbons (Fsp3) is 0.421. The maximum Gasteiger partial charge on any atom is 0.408 e. The molecule has 8 heteroatoms. The molecular weight excluding hydrogens is 348 g/mol. The number of nitrogens with zero attached hydrogens (tertiary/aromatic N) is 3. The van der Waals surface area contributed by atoms with Crippen LogP contribution in [0.15, 0.2) is 23.3 Å². The Morgan fingerprint density at radius 3 is 2.59 bits per heavy atom. The molecule has 2 aliphatic rings. The fourth-order valence-corrected chi connectivity index (χ4v) is 2.86. The van der Waals surface area contributed by atoms with Gasteiger partial charge in [0.2, 0.25) is 0 Å². The Bertz CT molecular complexity index is 974. The maximum absolute atomic E-state index is 12.0. The molecule has 4 rings (SSSR count). The number of carbonyl (C=O) groups is 1. The van der Waals surface area contributed by atoms with E-state index in [0.717, 1.165) is 17.5 Å². The van der Waals surface area contributed by atoms with E-state index < -0.39 is 22.2 Å². The van der Waals surface area contributed by atoms with Crippen LogP contribution in [-0.2, 0) is 11.2 Å². The van der Waals surface area contributed by atoms with Gasteiger partial charge in [-0.3, -0.25) is 15.1 Å². The van der Waals surface area contributed by atoms with E-state index in [0.29, 0.717) is 10.9 Å². The number of carbonyl (C=O) groups excluding carboxylic acids is 1. The first-order valence-electron chi connectivity index (χ1n) is 8.60. The lowest BCUT2D eigenvalue weighted by atomic mass is 9.88. The quantitative estimate of drug-likeness (QED) is 0.423. The van der Waals surface area contributed by atoms with Crippen LogP contribution in [0.1, 0.15) is 45.7 Å². The van der Waals surface area contributed by atoms with Crippen molar-refractivity contribution in [3.05, 3.63) is 39.6 Å². The summed E-state index contributed by atoms with van der Waals surface area (Å²) in [6, 6.07) is 3.89. The summed E-state index contributed by atoms with van der Waals surface area (Å²) in [7, 11) is 0. The maximum atomic E-state index is 12.0. The first-order valence-corrected chi connectivity index (χ1v) is 8.60. The Kier molecular flexibility index (Phi) is 4.37. The monoisotopic (exact) mass is 370 g/mol. The molecule has 1 heterocycles. The molecule has 1 aromatic carbocycles. The molecule has 0 atom stereocenters. The van der Waals surface area contributed by atoms with E-state index in [1.165, 1.54) is 12.4 Å². The van der Waals surface area contributed by atoms with Gasteiger partial charge in [-0.15, -0.1) is 0 Å². The average Bonchev–Trinajstić information content (AvgIpc) is 2.48. The molecule has 0 aliphatic heterocycles. The van der Waals surface area contributed by atoms with Gasteiger partial charge in [-0.1, -0.05) is 6.07 Å². The van der Waals surface area contributed by atoms with Gasteiger partial charge < -0.3 is 10.1 Å². The summed E-state index contributed by atoms with van der Waals surface area (Å²) in [6.07, 6.45) is 2.89. The number of nitrogens with one attached hydrogen (secondary N) is 1. The van der Waals surface area contributed by atoms with Gasteiger partial charge >= 0.3 is 11.8 Å². The largest absolute Gasteiger partial charge is 0.444 e. The molecule has 1 aromatic heterocycles. The standard InChI is InChI=1S/C19H22N4O4/c1-18(2,3)27-17(24)22-19(4,5)10-21-16-14(23(25)26)9-20-13-8-11-6-12(7-11)15(13)16/h6,8-10H,7H2,1-5H3,(H,22,24). The van der Waals surface area contributed by atoms with Crippen molar-refractivity contribution in [2.45, 2.75) is 52.2 Å². The van der Waals surface area contributed by atoms with Crippen molar-refractivity contribution in [3.8, 4) is 0 Å². The summed E-state index contributed by atoms with van der Waals surface area (Å²) in [5.41, 5.74) is 1.43. The zero-order valence-corrected chi connectivity index (χ0v) is 16.0. The fourth-order valence-electron chi connectivity index (χ4n) is 2.86. The Labute approximate surface area is 156 Å². The highest BCUT2D eigenvalue weighted by atomic mass is 16.6. The molecule has 2 bridgehead atoms. The van der Waals surface area contributed by atoms with Crippen molar-refractivity contribution in [2.24, 2.45) is 4.99 Å². The molecule has 0 saturated carbocycles. The molecule has 0 spiro atoms. The first kappa shape index (κ1) is 18.8. The lowest BCUT2D eigenvalue weighted by Crippen LogP contribution is -2.46. The van der Waals surface area contributed by atoms with E-state index in [1.807, 2.05) is 12.1 Å². The number of hydrogen-bond acceptors (Lipinski definition) is 6. The summed E-state index contributed by atoms with van der Waals surface area (Å²) >= 11 is 0. The SMILES string of the molecule is CC(C)(C=Nc1c([N+](=O)[O-])cnc2cc3cc(c12)C3)NC(=O)OC(C)(C)C. The number of rotatable bonds is 4. The number of amides is 1. The first-order chi connectivity index (χ1) is 12.5. The summed E-state index contributed by atoms with van der Waals surface area (Å²) in [5.74, 6) is 0. The van der Waals surface area contributed by atoms with Crippen molar-refractivity contribution >= 4 is 34.6 Å². The average molecular weight is 370 g/mol. The number of aromatic nitrogens is 1. The number of benzene rings is 1. The van der Waals surface area contributed by atoms with Crippen LogP contribution in [0, 0.1) is 10.1 Å². The van der Waals surface area contributed by atoms with Crippen molar-refractivity contribution in [2.75, 3.05) is 0 Å². The molecule has 1 N–H and O–H groups in total. The number of nitro groups is 1. The van der Waals surface area contributed by atoms with Crippen LogP contribution in [0.4, 0.5) is 16.2 Å². The summed E-state index contributed by atoms with van der Waals surface area (Å²) in [6.45, 7) is 8.79. The normalized spacial score (nSPS) is 13.5. The minimum absolute atomic E-state index is 0.164. The van der Waals surface area contributed by atoms with Gasteiger partial charge in [-0.05, 0) is 58.2 Å². The molecule has 1 amide bonds. The van der Waals surface area contributed by atoms with Gasteiger partial charge in [-0.2, -0.15) is 0 Å². The number of ether oxygens (including phenoxy) is 1. The molecule has 27 heavy (non-hydrogen) atoms. The molecule has 0 radical (unpaired) electrons. The molecular formula is C19H22N4O4. The van der Waals surface area contributed by atoms with Crippen LogP contribution in [0.5, 0.6) is 0 Å². The number of pyridine rings is 1. The molecule has 2 aromatic rings. The number of aliphatic imine (C=N–C) groups is 1. The van der Waals surface area contributed by atoms with Crippen LogP contribution in [0.25, 0.3) is 10.9 Å². The van der Waals surface area contributed by atoms with E-state index in [2.05, 4.69) is 15.3 Å². The predicted octanol–water partition coefficient (Wildman–Crippen LogP) is 4.05. The van der Waals surface area contributed by atoms with Crippen molar-refractivity contribution in [3.63, 3.8) is 0 Å². The third kappa shape index (κ3) is 4.05. The van der Waals surface area contributed by atoms with E-state index in [-0.39, 0.29) is 11.4 Å². The highest BCUT2D eigenvalue weighted by molar-refractivity contribution is 6.00. The van der Waals surface area contributed by atoms with E-state index in [9.17, 15) is 14.9 Å². The van der Waals surface area contributed by atoms with Gasteiger partial charge in [-0.25, -0.2) is 9.78 Å². The Morgan fingerprint density at radius 2 is 2.00 bits per heavy atom. The summed E-state index contributed by atoms with van der Waals surface area (Å²) in [5, 5.41) is 14.8. The third-order valence-electron chi connectivity index (χ3n) is 4.00. The van der Waals surface area contributed by atoms with Gasteiger partial charge in [0.05, 0.1) is 16.0 Å². The lowest BCUT2D eigenvalue weighted by Gasteiger charge is -2.25. The van der Waals surface area contributed by atoms with E-state index in [4.69, 9.17) is 4.74 Å². The second kappa shape index (κ2) is 6.29. The molecule has 0 unspecified atom stereocenters. The molecule has 8 nitrogen and oxygen atoms in total. The van der Waals surface area contributed by atoms with Crippen LogP contribution in [0.2, 0.25) is 0 Å². The molecule has 0 saturated heterocycles. The van der Waals surface area contributed by atoms with E-state index >= 15 is 0 Å². The van der Waals surface area contributed by atoms with Gasteiger partial charge in [0.1, 0.15) is 11.8 Å². The van der Waals surface area contributed by atoms with Gasteiger partial charge in [0, 0.05) is 11.6 Å². The minimum Gasteiger partial charge on any atom is -0.444 e. The van der Waals surface area contributed by atoms with Gasteiger partial charge in [0.25, 0.3) is 0 Å². The van der Waals surface area contributed by atoms with Crippen LogP contribution < -0.4 is 5.32 Å². The highest BCUT2D eigenvalue weighted by Crippen LogP contribution is 2.41. The van der Waals surface area contributed by atoms with Crippen molar-refractivity contribution in [1.29, 1.82) is 0 Å². The number of hydrogen-bond donors (Lipinski definition) is 1. The summed E-state index contributed by atoms with van der Waals surface area (Å²) < 4.78 is 5.25. The Balaban J connectivity index is 1.94. The van der Waals surface area contributed by atoms with Crippen molar-refractivity contribution in [1.82, 2.24) is 10.3 Å². The second-order valence-electron chi connectivity index (χ2n) is 8.18. The highest BCUT2D eigenvalue weighted by Gasteiger charge is 2.26. The van der Waals surface area contributed by atoms with Crippen LogP contribution in [-0.4, -0.2) is 33.4 Å². The third-order valence-corrected chi connectivity index (χ3v) is 4.00. The zero-order chi connectivity index (χ0) is 20.0. The van der Waals surface area contributed by atoms with Crippen LogP contribution >= 0.6 is 0 Å². The molecule has 0 fully saturated rings. The minimum atomic E-state index is -0.865. The van der Waals surface area contributed by atoms with Crippen LogP contribution in [0.3, 0.4) is 0 Å². The lowest BCUT2D eigenvalue weighted by molar-refractivity contribution is -0.384. The summed E-state index contributed by atoms with van der Waals surface area (Å²) in [4.78, 5) is 31.6. The van der Waals surface area contributed by atoms with E-state index in [1.54, 1.807) is 34.6 Å². The van der Waals surface area contributed by atoms with Crippen molar-refractivity contribution < 1.29 is 14.5 Å².